The van der Waals surface area contributed by atoms with Crippen LogP contribution in [0.25, 0.3) is 66.9 Å². The van der Waals surface area contributed by atoms with Crippen molar-refractivity contribution in [3.05, 3.63) is 224 Å². The molecule has 782 valence electrons. The first-order chi connectivity index (χ1) is 71.9. The minimum Gasteiger partial charge on any atom is -0.426 e. The summed E-state index contributed by atoms with van der Waals surface area (Å²) in [5.41, 5.74) is 11.9. The first-order valence-electron chi connectivity index (χ1n) is 49.7. The van der Waals surface area contributed by atoms with Gasteiger partial charge < -0.3 is 77.0 Å². The maximum Gasteiger partial charge on any atom is 0.415 e. The molecule has 0 bridgehead atoms. The van der Waals surface area contributed by atoms with Gasteiger partial charge in [0.1, 0.15) is 34.1 Å². The number of hydroxylamine groups is 3. The van der Waals surface area contributed by atoms with Gasteiger partial charge in [-0.3, -0.25) is 63.6 Å². The molecule has 9 aromatic heterocycles. The highest BCUT2D eigenvalue weighted by atomic mass is 32.2. The molecule has 9 aliphatic rings. The molecule has 3 saturated heterocycles. The Morgan fingerprint density at radius 3 is 1.07 bits per heavy atom. The maximum atomic E-state index is 13.7. The molecular formula is C104H113N23O22S. The van der Waals surface area contributed by atoms with Crippen LogP contribution in [0.3, 0.4) is 0 Å². The van der Waals surface area contributed by atoms with Crippen molar-refractivity contribution in [1.29, 1.82) is 0 Å². The summed E-state index contributed by atoms with van der Waals surface area (Å²) < 4.78 is 51.2. The summed E-state index contributed by atoms with van der Waals surface area (Å²) >= 11 is 0. The lowest BCUT2D eigenvalue weighted by Gasteiger charge is -2.34. The molecule has 0 unspecified atom stereocenters. The quantitative estimate of drug-likeness (QED) is 0.0156. The zero-order valence-electron chi connectivity index (χ0n) is 84.0. The van der Waals surface area contributed by atoms with Crippen LogP contribution in [-0.2, 0) is 105 Å². The number of aliphatic hydroxyl groups is 3. The second-order valence-corrected chi connectivity index (χ2v) is 41.3. The van der Waals surface area contributed by atoms with E-state index in [1.165, 1.54) is 47.0 Å². The Morgan fingerprint density at radius 2 is 0.740 bits per heavy atom. The number of hydrogen-bond acceptors (Lipinski definition) is 37. The monoisotopic (exact) mass is 2070 g/mol. The van der Waals surface area contributed by atoms with Gasteiger partial charge in [-0.2, -0.15) is 12.7 Å². The molecule has 12 aromatic rings. The first-order valence-corrected chi connectivity index (χ1v) is 51.0. The third-order valence-corrected chi connectivity index (χ3v) is 31.2. The van der Waals surface area contributed by atoms with E-state index in [2.05, 4.69) is 29.9 Å². The number of pyridine rings is 6. The maximum absolute atomic E-state index is 13.7. The predicted octanol–water partition coefficient (Wildman–Crippen LogP) is 5.90. The van der Waals surface area contributed by atoms with E-state index in [-0.39, 0.29) is 147 Å². The number of anilines is 3. The molecule has 15 heterocycles. The van der Waals surface area contributed by atoms with Crippen LogP contribution in [0.4, 0.5) is 22.6 Å². The number of fused-ring (bicyclic) bond motifs is 15. The summed E-state index contributed by atoms with van der Waals surface area (Å²) in [6, 6.07) is 21.6. The highest BCUT2D eigenvalue weighted by molar-refractivity contribution is 7.84. The Morgan fingerprint density at radius 1 is 0.420 bits per heavy atom. The topological polar surface area (TPSA) is 564 Å². The lowest BCUT2D eigenvalue weighted by atomic mass is 9.77. The van der Waals surface area contributed by atoms with E-state index in [1.54, 1.807) is 104 Å². The van der Waals surface area contributed by atoms with Gasteiger partial charge in [0.2, 0.25) is 17.8 Å². The van der Waals surface area contributed by atoms with Crippen molar-refractivity contribution < 1.29 is 91.4 Å². The van der Waals surface area contributed by atoms with Crippen molar-refractivity contribution in [3.8, 4) is 51.4 Å². The van der Waals surface area contributed by atoms with Gasteiger partial charge in [0.05, 0.1) is 87.0 Å². The summed E-state index contributed by atoms with van der Waals surface area (Å²) in [6.45, 7) is 11.2. The van der Waals surface area contributed by atoms with Crippen LogP contribution in [0, 0.1) is 5.92 Å². The van der Waals surface area contributed by atoms with Gasteiger partial charge in [-0.05, 0) is 179 Å². The number of piperazine rings is 2. The number of aromatic nitrogens is 12. The standard InChI is InChI=1S/C37H41N7O7.C34H36N8O7.C33H36N8O8S/c1-4-37(49)27-16-29-33-22(19-44(29)35(48)24(27)6-9-31(37)45)15-25-26(20-42(2)3)30(8-7-28(25)40-33)51-32(46)10-5-21-11-13-43(14-12-21)36-38-17-23(18-39-36)34(47)41-50;1-4-34(47)24-14-26-29-19(17-42(26)31(45)21(24)5-8-28(34)43)13-22-23(18-39(2)3)27(7-6-25(22)37-29)49-33(46)41-11-9-40(10-12-41)32-35-15-20(16-36-32)30(44)38-48;1-4-33(45)24-14-26-29-19(17-41(26)31(44)21(24)5-8-28(33)42)13-22-23(18-38(2)3)27(7-6-25(22)36-29)49-50(47,48)40-11-9-39(10-12-40)32-34-15-20(16-35-32)30(43)37-46/h7-8,15-18,21,49-50H,4-6,9-14,19-20H2,1-3H3,(H,41,47);6-7,13-16,47-48H,4-5,8-12,17-18H2,1-3H3,(H,38,44);6-7,13-16,45-46H,4-5,8-12,17-18H2,1-3H3,(H,37,43)/t37-;34-;33-/m000/s1. The summed E-state index contributed by atoms with van der Waals surface area (Å²) in [5, 5.41) is 62.6. The molecule has 21 rings (SSSR count). The predicted molar refractivity (Wildman–Crippen MR) is 543 cm³/mol. The fraction of sp³-hybridized carbons (Fsp3) is 0.404. The zero-order chi connectivity index (χ0) is 106. The third-order valence-electron chi connectivity index (χ3n) is 29.8. The summed E-state index contributed by atoms with van der Waals surface area (Å²) in [7, 11) is 7.22. The number of hydrogen-bond donors (Lipinski definition) is 9. The second kappa shape index (κ2) is 41.4. The molecule has 0 spiro atoms. The van der Waals surface area contributed by atoms with Gasteiger partial charge in [-0.15, -0.1) is 0 Å². The van der Waals surface area contributed by atoms with Gasteiger partial charge in [0.15, 0.2) is 17.3 Å². The minimum atomic E-state index is -4.23. The SMILES string of the molecule is CC[C@@]1(O)C(=O)CCc2c1cc1n(c2=O)Cc2cc3c(CN(C)C)c(OC(=O)CCC4CCN(c5ncc(C(=O)NO)cn5)CC4)ccc3nc2-1.CC[C@@]1(O)C(=O)CCc2c1cc1n(c2=O)Cc2cc3c(CN(C)C)c(OC(=O)N4CCN(c5ncc(C(=O)NO)cn5)CC4)ccc3nc2-1.CC[C@@]1(O)C(=O)CCc2c1cc1n(c2=O)Cc2cc3c(CN(C)C)c(OS(=O)(=O)N4CCN(c5ncc(C(=O)NO)cn5)CC4)ccc3nc2-1. The fourth-order valence-electron chi connectivity index (χ4n) is 21.6. The fourth-order valence-corrected chi connectivity index (χ4v) is 22.7. The van der Waals surface area contributed by atoms with Crippen LogP contribution >= 0.6 is 0 Å². The number of carbonyl (C=O) groups excluding carboxylic acids is 8. The molecule has 0 saturated carbocycles. The van der Waals surface area contributed by atoms with E-state index in [4.69, 9.17) is 44.2 Å². The van der Waals surface area contributed by atoms with Crippen molar-refractivity contribution >= 4 is 108 Å². The molecule has 3 atom stereocenters. The summed E-state index contributed by atoms with van der Waals surface area (Å²) in [4.78, 5) is 194. The van der Waals surface area contributed by atoms with Gasteiger partial charge >= 0.3 is 22.4 Å². The number of esters is 1. The Balaban J connectivity index is 0.000000141. The van der Waals surface area contributed by atoms with Crippen molar-refractivity contribution in [2.45, 2.75) is 160 Å². The van der Waals surface area contributed by atoms with E-state index < -0.39 is 50.9 Å². The number of Topliss-reactive ketones (excluding diaryl/α,β-unsaturated/α-hetero) is 3. The Kier molecular flexibility index (Phi) is 28.6. The van der Waals surface area contributed by atoms with Crippen LogP contribution in [0.5, 0.6) is 17.2 Å². The van der Waals surface area contributed by atoms with Gasteiger partial charge in [-0.25, -0.2) is 66.1 Å². The molecule has 9 N–H and O–H groups in total. The number of nitrogens with one attached hydrogen (secondary N) is 3. The van der Waals surface area contributed by atoms with E-state index in [0.29, 0.717) is 208 Å². The highest BCUT2D eigenvalue weighted by Crippen LogP contribution is 2.47. The van der Waals surface area contributed by atoms with Crippen molar-refractivity contribution in [3.63, 3.8) is 0 Å². The molecule has 150 heavy (non-hydrogen) atoms. The normalized spacial score (nSPS) is 18.6. The smallest absolute Gasteiger partial charge is 0.415 e. The van der Waals surface area contributed by atoms with E-state index in [1.807, 2.05) is 91.1 Å². The molecule has 0 radical (unpaired) electrons. The minimum absolute atomic E-state index is 0.0782. The van der Waals surface area contributed by atoms with Crippen molar-refractivity contribution in [2.24, 2.45) is 5.92 Å². The van der Waals surface area contributed by atoms with Crippen molar-refractivity contribution in [2.75, 3.05) is 122 Å². The van der Waals surface area contributed by atoms with Crippen LogP contribution in [0.1, 0.15) is 183 Å². The molecule has 45 nitrogen and oxygen atoms in total. The van der Waals surface area contributed by atoms with Gasteiger partial charge in [-0.1, -0.05) is 20.8 Å². The van der Waals surface area contributed by atoms with Crippen LogP contribution in [-0.4, -0.2) is 277 Å². The molecule has 46 heteroatoms. The summed E-state index contributed by atoms with van der Waals surface area (Å²) in [6.07, 6.45) is 11.9. The average molecular weight is 2070 g/mol. The van der Waals surface area contributed by atoms with E-state index in [9.17, 15) is 76.5 Å². The number of ether oxygens (including phenoxy) is 2. The highest BCUT2D eigenvalue weighted by Gasteiger charge is 2.48. The largest absolute Gasteiger partial charge is 0.426 e. The number of nitrogens with zero attached hydrogens (tertiary/aromatic N) is 20. The molecular weight excluding hydrogens is 1960 g/mol. The first kappa shape index (κ1) is 103. The number of amides is 4. The molecule has 3 aliphatic carbocycles. The molecule has 3 fully saturated rings. The lowest BCUT2D eigenvalue weighted by Crippen LogP contribution is -2.50. The third kappa shape index (κ3) is 19.3. The Hall–Kier alpha value is -15.1. The van der Waals surface area contributed by atoms with E-state index in [0.717, 1.165) is 64.5 Å². The Labute approximate surface area is 858 Å². The van der Waals surface area contributed by atoms with Gasteiger partial charge in [0, 0.05) is 231 Å². The van der Waals surface area contributed by atoms with E-state index >= 15 is 0 Å². The van der Waals surface area contributed by atoms with Gasteiger partial charge in [0.25, 0.3) is 34.4 Å². The molecule has 3 aromatic carbocycles. The number of benzene rings is 3. The summed E-state index contributed by atoms with van der Waals surface area (Å²) in [5.74, 6) is -0.641. The van der Waals surface area contributed by atoms with Crippen LogP contribution in [0.15, 0.2) is 124 Å². The average Bonchev–Trinajstić information content (AvgIpc) is 1.57. The van der Waals surface area contributed by atoms with Crippen LogP contribution in [0.2, 0.25) is 0 Å². The molecule has 6 aliphatic heterocycles. The number of piperidine rings is 1. The van der Waals surface area contributed by atoms with Crippen LogP contribution < -0.4 is 61.5 Å². The number of rotatable bonds is 23. The Bertz CT molecular complexity index is 7840. The lowest BCUT2D eigenvalue weighted by molar-refractivity contribution is -0.140. The van der Waals surface area contributed by atoms with Crippen molar-refractivity contribution in [1.82, 2.24) is 98.9 Å². The zero-order valence-corrected chi connectivity index (χ0v) is 84.9. The molecule has 4 amide bonds. The number of ketones is 3. The second-order valence-electron chi connectivity index (χ2n) is 39.7. The number of carbonyl (C=O) groups is 8.